The summed E-state index contributed by atoms with van der Waals surface area (Å²) in [6.07, 6.45) is 8.46. The van der Waals surface area contributed by atoms with E-state index >= 15 is 0 Å². The third-order valence-corrected chi connectivity index (χ3v) is 6.78. The second-order valence-electron chi connectivity index (χ2n) is 7.87. The highest BCUT2D eigenvalue weighted by atomic mass is 32.2. The second kappa shape index (κ2) is 9.59. The van der Waals surface area contributed by atoms with Crippen molar-refractivity contribution in [1.29, 1.82) is 0 Å². The van der Waals surface area contributed by atoms with Gasteiger partial charge in [0, 0.05) is 40.4 Å². The van der Waals surface area contributed by atoms with E-state index in [1.165, 1.54) is 0 Å². The molecule has 0 spiro atoms. The van der Waals surface area contributed by atoms with Gasteiger partial charge in [0.2, 0.25) is 0 Å². The van der Waals surface area contributed by atoms with Gasteiger partial charge in [-0.2, -0.15) is 0 Å². The number of hydrogen-bond donors (Lipinski definition) is 0. The summed E-state index contributed by atoms with van der Waals surface area (Å²) in [5.41, 5.74) is 4.24. The first-order valence-electron chi connectivity index (χ1n) is 11.0. The van der Waals surface area contributed by atoms with Gasteiger partial charge >= 0.3 is 0 Å². The largest absolute Gasteiger partial charge is 0.372 e. The Hall–Kier alpha value is -3.44. The van der Waals surface area contributed by atoms with Gasteiger partial charge < -0.3 is 4.90 Å². The number of carbonyl (C=O) groups excluding carboxylic acids is 3. The Morgan fingerprint density at radius 2 is 1.55 bits per heavy atom. The predicted molar refractivity (Wildman–Crippen MR) is 136 cm³/mol. The van der Waals surface area contributed by atoms with Crippen molar-refractivity contribution in [2.24, 2.45) is 0 Å². The number of aldehydes is 1. The van der Waals surface area contributed by atoms with E-state index < -0.39 is 0 Å². The lowest BCUT2D eigenvalue weighted by molar-refractivity contribution is 0.0987. The highest BCUT2D eigenvalue weighted by molar-refractivity contribution is 8.06. The summed E-state index contributed by atoms with van der Waals surface area (Å²) in [5, 5.41) is 0. The minimum atomic E-state index is -0.226. The summed E-state index contributed by atoms with van der Waals surface area (Å²) in [6.45, 7) is 7.88. The van der Waals surface area contributed by atoms with Crippen LogP contribution < -0.4 is 4.90 Å². The first-order valence-corrected chi connectivity index (χ1v) is 11.8. The number of benzene rings is 2. The molecule has 4 nitrogen and oxygen atoms in total. The Labute approximate surface area is 198 Å². The molecule has 0 N–H and O–H groups in total. The molecule has 0 saturated carbocycles. The topological polar surface area (TPSA) is 54.5 Å². The van der Waals surface area contributed by atoms with Gasteiger partial charge in [0.25, 0.3) is 0 Å². The fourth-order valence-corrected chi connectivity index (χ4v) is 5.05. The van der Waals surface area contributed by atoms with Crippen molar-refractivity contribution in [2.45, 2.75) is 20.8 Å². The van der Waals surface area contributed by atoms with Crippen LogP contribution in [0.3, 0.4) is 0 Å². The zero-order valence-corrected chi connectivity index (χ0v) is 19.7. The molecule has 1 heterocycles. The fourth-order valence-electron chi connectivity index (χ4n) is 4.17. The van der Waals surface area contributed by atoms with Crippen LogP contribution in [-0.4, -0.2) is 30.9 Å². The van der Waals surface area contributed by atoms with Gasteiger partial charge in [-0.25, -0.2) is 0 Å². The zero-order valence-electron chi connectivity index (χ0n) is 18.9. The minimum absolute atomic E-state index is 0.221. The number of anilines is 1. The molecule has 2 aromatic rings. The lowest BCUT2D eigenvalue weighted by Gasteiger charge is -2.21. The molecule has 0 amide bonds. The summed E-state index contributed by atoms with van der Waals surface area (Å²) in [6, 6.07) is 12.8. The Kier molecular flexibility index (Phi) is 6.61. The third kappa shape index (κ3) is 4.41. The molecule has 0 saturated heterocycles. The molecule has 1 aliphatic heterocycles. The zero-order chi connectivity index (χ0) is 23.5. The molecule has 5 heteroatoms. The Morgan fingerprint density at radius 1 is 0.879 bits per heavy atom. The number of nitrogens with zero attached hydrogens (tertiary/aromatic N) is 1. The van der Waals surface area contributed by atoms with Crippen LogP contribution in [0.15, 0.2) is 81.6 Å². The van der Waals surface area contributed by atoms with E-state index in [-0.39, 0.29) is 17.1 Å². The van der Waals surface area contributed by atoms with Crippen LogP contribution in [-0.2, 0) is 0 Å². The summed E-state index contributed by atoms with van der Waals surface area (Å²) in [4.78, 5) is 41.6. The van der Waals surface area contributed by atoms with Crippen molar-refractivity contribution in [3.05, 3.63) is 104 Å². The molecular weight excluding hydrogens is 430 g/mol. The first kappa shape index (κ1) is 22.7. The summed E-state index contributed by atoms with van der Waals surface area (Å²) in [5.74, 6) is -0.451. The van der Waals surface area contributed by atoms with Crippen LogP contribution in [0.2, 0.25) is 0 Å². The van der Waals surface area contributed by atoms with Crippen LogP contribution in [0.4, 0.5) is 5.69 Å². The Balaban J connectivity index is 1.68. The lowest BCUT2D eigenvalue weighted by Crippen LogP contribution is -2.21. The van der Waals surface area contributed by atoms with E-state index in [4.69, 9.17) is 0 Å². The van der Waals surface area contributed by atoms with Crippen molar-refractivity contribution in [3.63, 3.8) is 0 Å². The standard InChI is InChI=1S/C28H25NO3S/c1-4-29(5-2)22-12-10-19(21(15-22)17-30)11-13-23-16-20(14-18(3)33-23)26-27(31)24-8-6-7-9-25(24)28(26)32/h6-17H,4-5H2,1-3H3. The molecule has 0 radical (unpaired) electrons. The van der Waals surface area contributed by atoms with E-state index in [9.17, 15) is 14.4 Å². The number of carbonyl (C=O) groups is 3. The Bertz CT molecular complexity index is 1240. The quantitative estimate of drug-likeness (QED) is 0.292. The maximum atomic E-state index is 12.9. The van der Waals surface area contributed by atoms with Crippen LogP contribution in [0.5, 0.6) is 0 Å². The maximum Gasteiger partial charge on any atom is 0.198 e. The van der Waals surface area contributed by atoms with E-state index in [2.05, 4.69) is 18.7 Å². The summed E-state index contributed by atoms with van der Waals surface area (Å²) in [7, 11) is 0. The van der Waals surface area contributed by atoms with Crippen molar-refractivity contribution < 1.29 is 14.4 Å². The second-order valence-corrected chi connectivity index (χ2v) is 9.19. The van der Waals surface area contributed by atoms with E-state index in [0.29, 0.717) is 22.3 Å². The van der Waals surface area contributed by atoms with Gasteiger partial charge in [-0.1, -0.05) is 48.2 Å². The van der Waals surface area contributed by atoms with E-state index in [1.807, 2.05) is 49.4 Å². The van der Waals surface area contributed by atoms with Gasteiger partial charge in [-0.3, -0.25) is 14.4 Å². The smallest absolute Gasteiger partial charge is 0.198 e. The molecule has 2 aliphatic rings. The maximum absolute atomic E-state index is 12.9. The van der Waals surface area contributed by atoms with Gasteiger partial charge in [0.15, 0.2) is 17.9 Å². The van der Waals surface area contributed by atoms with E-state index in [1.54, 1.807) is 36.0 Å². The molecule has 166 valence electrons. The van der Waals surface area contributed by atoms with Crippen molar-refractivity contribution in [1.82, 2.24) is 0 Å². The predicted octanol–water partition coefficient (Wildman–Crippen LogP) is 6.27. The minimum Gasteiger partial charge on any atom is -0.372 e. The van der Waals surface area contributed by atoms with Gasteiger partial charge in [-0.15, -0.1) is 0 Å². The van der Waals surface area contributed by atoms with Crippen molar-refractivity contribution in [2.75, 3.05) is 18.0 Å². The molecule has 2 aromatic carbocycles. The SMILES string of the molecule is CCN(CC)c1ccc(C=CC2=CC(=C3C(=O)c4ccccc4C3=O)C=C(C)S2)c(C=O)c1. The number of rotatable bonds is 6. The number of Topliss-reactive ketones (excluding diaryl/α,β-unsaturated/α-hetero) is 2. The molecule has 0 unspecified atom stereocenters. The third-order valence-electron chi connectivity index (χ3n) is 5.85. The number of allylic oxidation sites excluding steroid dienone is 6. The average Bonchev–Trinajstić information content (AvgIpc) is 3.08. The number of fused-ring (bicyclic) bond motifs is 1. The van der Waals surface area contributed by atoms with Crippen molar-refractivity contribution in [3.8, 4) is 0 Å². The highest BCUT2D eigenvalue weighted by Crippen LogP contribution is 2.37. The molecule has 4 rings (SSSR count). The average molecular weight is 456 g/mol. The van der Waals surface area contributed by atoms with E-state index in [0.717, 1.165) is 40.4 Å². The number of thioether (sulfide) groups is 1. The molecule has 0 fully saturated rings. The Morgan fingerprint density at radius 3 is 2.15 bits per heavy atom. The van der Waals surface area contributed by atoms with Gasteiger partial charge in [-0.05, 0) is 67.2 Å². The molecule has 0 aromatic heterocycles. The molecule has 0 bridgehead atoms. The molecule has 33 heavy (non-hydrogen) atoms. The molecular formula is C28H25NO3S. The fraction of sp³-hybridized carbons (Fsp3) is 0.179. The van der Waals surface area contributed by atoms with Gasteiger partial charge in [0.1, 0.15) is 0 Å². The van der Waals surface area contributed by atoms with Gasteiger partial charge in [0.05, 0.1) is 5.57 Å². The summed E-state index contributed by atoms with van der Waals surface area (Å²) >= 11 is 1.57. The van der Waals surface area contributed by atoms with Crippen molar-refractivity contribution >= 4 is 41.4 Å². The van der Waals surface area contributed by atoms with Crippen LogP contribution in [0.1, 0.15) is 57.4 Å². The highest BCUT2D eigenvalue weighted by Gasteiger charge is 2.34. The number of hydrogen-bond acceptors (Lipinski definition) is 5. The number of ketones is 2. The lowest BCUT2D eigenvalue weighted by atomic mass is 10.0. The normalized spacial score (nSPS) is 15.6. The molecule has 1 aliphatic carbocycles. The van der Waals surface area contributed by atoms with Crippen LogP contribution in [0.25, 0.3) is 6.08 Å². The van der Waals surface area contributed by atoms with Crippen LogP contribution >= 0.6 is 11.8 Å². The summed E-state index contributed by atoms with van der Waals surface area (Å²) < 4.78 is 0. The monoisotopic (exact) mass is 455 g/mol. The first-order chi connectivity index (χ1) is 16.0. The van der Waals surface area contributed by atoms with Crippen LogP contribution in [0, 0.1) is 0 Å². The molecule has 0 atom stereocenters.